The third kappa shape index (κ3) is 4.39. The Kier molecular flexibility index (Phi) is 6.28. The maximum absolute atomic E-state index is 13.3. The van der Waals surface area contributed by atoms with Crippen LogP contribution in [0.2, 0.25) is 0 Å². The monoisotopic (exact) mass is 449 g/mol. The summed E-state index contributed by atoms with van der Waals surface area (Å²) in [4.78, 5) is 33.9. The lowest BCUT2D eigenvalue weighted by Gasteiger charge is -2.31. The van der Waals surface area contributed by atoms with Gasteiger partial charge in [0, 0.05) is 39.4 Å². The van der Waals surface area contributed by atoms with Gasteiger partial charge in [-0.3, -0.25) is 9.59 Å². The number of carbonyl (C=O) groups excluding carboxylic acids is 2. The maximum atomic E-state index is 13.3. The van der Waals surface area contributed by atoms with Gasteiger partial charge in [0.15, 0.2) is 0 Å². The van der Waals surface area contributed by atoms with Crippen molar-refractivity contribution in [3.05, 3.63) is 70.5 Å². The molecule has 0 N–H and O–H groups in total. The zero-order chi connectivity index (χ0) is 22.7. The highest BCUT2D eigenvalue weighted by molar-refractivity contribution is 7.08. The molecule has 1 fully saturated rings. The molecule has 166 valence electrons. The molecule has 1 unspecified atom stereocenters. The minimum Gasteiger partial charge on any atom is -0.481 e. The highest BCUT2D eigenvalue weighted by Gasteiger charge is 2.46. The molecule has 1 atom stereocenters. The van der Waals surface area contributed by atoms with E-state index in [9.17, 15) is 9.59 Å². The quantitative estimate of drug-likeness (QED) is 0.571. The van der Waals surface area contributed by atoms with Crippen LogP contribution in [0.25, 0.3) is 11.1 Å². The molecule has 1 aliphatic rings. The summed E-state index contributed by atoms with van der Waals surface area (Å²) in [5, 5.41) is 4.19. The fourth-order valence-electron chi connectivity index (χ4n) is 4.36. The van der Waals surface area contributed by atoms with Gasteiger partial charge in [-0.1, -0.05) is 24.3 Å². The zero-order valence-corrected chi connectivity index (χ0v) is 19.4. The minimum absolute atomic E-state index is 0.0579. The van der Waals surface area contributed by atoms with Gasteiger partial charge in [0.1, 0.15) is 0 Å². The molecule has 2 amide bonds. The molecule has 3 aromatic rings. The predicted octanol–water partition coefficient (Wildman–Crippen LogP) is 3.98. The van der Waals surface area contributed by atoms with Crippen molar-refractivity contribution in [3.8, 4) is 17.0 Å². The van der Waals surface area contributed by atoms with Crippen LogP contribution in [0.3, 0.4) is 0 Å². The molecular weight excluding hydrogens is 422 g/mol. The first-order chi connectivity index (χ1) is 15.4. The standard InChI is InChI=1S/C25H27N3O3S/c1-27(2)24(30)25(14-18-4-6-19(7-5-18)21-10-13-32-16-21)11-12-28(17-25)23(29)20-8-9-22(31-3)26-15-20/h4-10,13,15-16H,11-12,14,17H2,1-3H3. The van der Waals surface area contributed by atoms with Gasteiger partial charge in [0.2, 0.25) is 11.8 Å². The maximum Gasteiger partial charge on any atom is 0.255 e. The Balaban J connectivity index is 1.54. The second-order valence-electron chi connectivity index (χ2n) is 8.43. The summed E-state index contributed by atoms with van der Waals surface area (Å²) in [6.45, 7) is 0.929. The number of hydrogen-bond donors (Lipinski definition) is 0. The number of rotatable bonds is 6. The molecule has 0 spiro atoms. The molecule has 6 nitrogen and oxygen atoms in total. The molecule has 0 saturated carbocycles. The lowest BCUT2D eigenvalue weighted by Crippen LogP contribution is -2.44. The van der Waals surface area contributed by atoms with E-state index in [0.29, 0.717) is 37.4 Å². The first-order valence-corrected chi connectivity index (χ1v) is 11.5. The van der Waals surface area contributed by atoms with Crippen molar-refractivity contribution in [1.82, 2.24) is 14.8 Å². The number of aromatic nitrogens is 1. The van der Waals surface area contributed by atoms with Crippen LogP contribution in [0.5, 0.6) is 5.88 Å². The molecule has 1 aliphatic heterocycles. The molecule has 0 bridgehead atoms. The minimum atomic E-state index is -0.636. The van der Waals surface area contributed by atoms with Gasteiger partial charge >= 0.3 is 0 Å². The van der Waals surface area contributed by atoms with Crippen molar-refractivity contribution in [2.45, 2.75) is 12.8 Å². The van der Waals surface area contributed by atoms with E-state index in [1.54, 1.807) is 54.5 Å². The Morgan fingerprint density at radius 2 is 1.91 bits per heavy atom. The molecule has 0 radical (unpaired) electrons. The third-order valence-corrected chi connectivity index (χ3v) is 6.73. The van der Waals surface area contributed by atoms with Crippen molar-refractivity contribution in [3.63, 3.8) is 0 Å². The van der Waals surface area contributed by atoms with Crippen molar-refractivity contribution >= 4 is 23.2 Å². The van der Waals surface area contributed by atoms with Crippen molar-refractivity contribution in [1.29, 1.82) is 0 Å². The fraction of sp³-hybridized carbons (Fsp3) is 0.320. The van der Waals surface area contributed by atoms with Gasteiger partial charge in [-0.15, -0.1) is 0 Å². The summed E-state index contributed by atoms with van der Waals surface area (Å²) < 4.78 is 5.08. The van der Waals surface area contributed by atoms with E-state index < -0.39 is 5.41 Å². The molecule has 4 rings (SSSR count). The molecule has 2 aromatic heterocycles. The molecule has 1 saturated heterocycles. The van der Waals surface area contributed by atoms with Crippen LogP contribution < -0.4 is 4.74 Å². The van der Waals surface area contributed by atoms with E-state index in [4.69, 9.17) is 4.74 Å². The van der Waals surface area contributed by atoms with Gasteiger partial charge in [-0.2, -0.15) is 11.3 Å². The molecule has 3 heterocycles. The lowest BCUT2D eigenvalue weighted by atomic mass is 9.79. The number of nitrogens with zero attached hydrogens (tertiary/aromatic N) is 3. The number of benzene rings is 1. The number of likely N-dealkylation sites (tertiary alicyclic amines) is 1. The lowest BCUT2D eigenvalue weighted by molar-refractivity contribution is -0.138. The molecule has 7 heteroatoms. The topological polar surface area (TPSA) is 62.7 Å². The van der Waals surface area contributed by atoms with E-state index in [0.717, 1.165) is 5.56 Å². The number of amides is 2. The first kappa shape index (κ1) is 22.0. The Morgan fingerprint density at radius 1 is 1.12 bits per heavy atom. The Hall–Kier alpha value is -3.19. The second-order valence-corrected chi connectivity index (χ2v) is 9.21. The Morgan fingerprint density at radius 3 is 2.50 bits per heavy atom. The van der Waals surface area contributed by atoms with Crippen LogP contribution in [-0.2, 0) is 11.2 Å². The van der Waals surface area contributed by atoms with Crippen molar-refractivity contribution in [2.75, 3.05) is 34.3 Å². The van der Waals surface area contributed by atoms with E-state index in [-0.39, 0.29) is 11.8 Å². The summed E-state index contributed by atoms with van der Waals surface area (Å²) in [7, 11) is 5.10. The summed E-state index contributed by atoms with van der Waals surface area (Å²) in [5.41, 5.74) is 3.33. The normalized spacial score (nSPS) is 17.9. The van der Waals surface area contributed by atoms with Crippen molar-refractivity contribution in [2.24, 2.45) is 5.41 Å². The highest BCUT2D eigenvalue weighted by Crippen LogP contribution is 2.37. The summed E-state index contributed by atoms with van der Waals surface area (Å²) in [6.07, 6.45) is 2.75. The van der Waals surface area contributed by atoms with E-state index in [1.165, 1.54) is 17.3 Å². The fourth-order valence-corrected chi connectivity index (χ4v) is 5.02. The van der Waals surface area contributed by atoms with Crippen LogP contribution in [0.1, 0.15) is 22.3 Å². The number of thiophene rings is 1. The van der Waals surface area contributed by atoms with Gasteiger partial charge in [0.25, 0.3) is 5.91 Å². The van der Waals surface area contributed by atoms with Crippen LogP contribution in [0.15, 0.2) is 59.4 Å². The Labute approximate surface area is 192 Å². The van der Waals surface area contributed by atoms with Gasteiger partial charge in [-0.25, -0.2) is 4.98 Å². The summed E-state index contributed by atoms with van der Waals surface area (Å²) in [5.74, 6) is 0.412. The van der Waals surface area contributed by atoms with E-state index in [2.05, 4.69) is 46.1 Å². The first-order valence-electron chi connectivity index (χ1n) is 10.5. The largest absolute Gasteiger partial charge is 0.481 e. The molecular formula is C25H27N3O3S. The summed E-state index contributed by atoms with van der Waals surface area (Å²) >= 11 is 1.68. The third-order valence-electron chi connectivity index (χ3n) is 6.04. The number of methoxy groups -OCH3 is 1. The number of carbonyl (C=O) groups is 2. The van der Waals surface area contributed by atoms with Gasteiger partial charge < -0.3 is 14.5 Å². The zero-order valence-electron chi connectivity index (χ0n) is 18.6. The Bertz CT molecular complexity index is 1080. The van der Waals surface area contributed by atoms with Crippen molar-refractivity contribution < 1.29 is 14.3 Å². The van der Waals surface area contributed by atoms with Crippen LogP contribution in [0.4, 0.5) is 0 Å². The summed E-state index contributed by atoms with van der Waals surface area (Å²) in [6, 6.07) is 13.9. The number of pyridine rings is 1. The van der Waals surface area contributed by atoms with Crippen LogP contribution in [0, 0.1) is 5.41 Å². The second kappa shape index (κ2) is 9.12. The van der Waals surface area contributed by atoms with Crippen LogP contribution >= 0.6 is 11.3 Å². The number of hydrogen-bond acceptors (Lipinski definition) is 5. The molecule has 32 heavy (non-hydrogen) atoms. The number of ether oxygens (including phenoxy) is 1. The van der Waals surface area contributed by atoms with Gasteiger partial charge in [-0.05, 0) is 52.4 Å². The van der Waals surface area contributed by atoms with Crippen LogP contribution in [-0.4, -0.2) is 60.9 Å². The predicted molar refractivity (Wildman–Crippen MR) is 126 cm³/mol. The van der Waals surface area contributed by atoms with E-state index >= 15 is 0 Å². The smallest absolute Gasteiger partial charge is 0.255 e. The average Bonchev–Trinajstić information content (AvgIpc) is 3.50. The average molecular weight is 450 g/mol. The van der Waals surface area contributed by atoms with Gasteiger partial charge in [0.05, 0.1) is 18.1 Å². The SMILES string of the molecule is COc1ccc(C(=O)N2CCC(Cc3ccc(-c4ccsc4)cc3)(C(=O)N(C)C)C2)cn1. The van der Waals surface area contributed by atoms with E-state index in [1.807, 2.05) is 0 Å². The molecule has 1 aromatic carbocycles. The molecule has 0 aliphatic carbocycles. The highest BCUT2D eigenvalue weighted by atomic mass is 32.1.